The summed E-state index contributed by atoms with van der Waals surface area (Å²) in [7, 11) is 1.69. The first-order chi connectivity index (χ1) is 11.9. The average molecular weight is 485 g/mol. The number of hydrogen-bond donors (Lipinski definition) is 2. The minimum atomic E-state index is -4.34. The van der Waals surface area contributed by atoms with E-state index in [1.807, 2.05) is 6.07 Å². The Hall–Kier alpha value is -1.23. The third kappa shape index (κ3) is 5.90. The molecule has 2 bridgehead atoms. The number of ether oxygens (including phenoxy) is 2. The van der Waals surface area contributed by atoms with E-state index in [0.29, 0.717) is 18.6 Å². The Morgan fingerprint density at radius 1 is 1.35 bits per heavy atom. The predicted molar refractivity (Wildman–Crippen MR) is 103 cm³/mol. The van der Waals surface area contributed by atoms with Gasteiger partial charge in [0, 0.05) is 13.6 Å². The Bertz CT molecular complexity index is 628. The summed E-state index contributed by atoms with van der Waals surface area (Å²) in [5.74, 6) is 0.851. The van der Waals surface area contributed by atoms with Gasteiger partial charge in [0.05, 0.1) is 18.2 Å². The smallest absolute Gasteiger partial charge is 0.422 e. The highest BCUT2D eigenvalue weighted by Crippen LogP contribution is 2.34. The maximum atomic E-state index is 12.2. The largest absolute Gasteiger partial charge is 0.484 e. The van der Waals surface area contributed by atoms with E-state index in [1.54, 1.807) is 19.2 Å². The summed E-state index contributed by atoms with van der Waals surface area (Å²) in [5.41, 5.74) is 0.812. The van der Waals surface area contributed by atoms with Gasteiger partial charge >= 0.3 is 6.18 Å². The number of halogens is 4. The van der Waals surface area contributed by atoms with Crippen LogP contribution in [0.4, 0.5) is 13.2 Å². The molecule has 3 unspecified atom stereocenters. The Labute approximate surface area is 167 Å². The van der Waals surface area contributed by atoms with Crippen molar-refractivity contribution in [1.29, 1.82) is 0 Å². The maximum absolute atomic E-state index is 12.2. The molecule has 2 aliphatic rings. The highest BCUT2D eigenvalue weighted by Gasteiger charge is 2.41. The zero-order valence-corrected chi connectivity index (χ0v) is 16.7. The Kier molecular flexibility index (Phi) is 7.39. The summed E-state index contributed by atoms with van der Waals surface area (Å²) in [5, 5.41) is 6.54. The molecule has 1 aromatic rings. The monoisotopic (exact) mass is 485 g/mol. The Morgan fingerprint density at radius 3 is 2.77 bits per heavy atom. The number of hydrogen-bond acceptors (Lipinski definition) is 3. The summed E-state index contributed by atoms with van der Waals surface area (Å²) < 4.78 is 47.3. The lowest BCUT2D eigenvalue weighted by molar-refractivity contribution is -0.153. The second kappa shape index (κ2) is 9.12. The fourth-order valence-corrected chi connectivity index (χ4v) is 3.26. The van der Waals surface area contributed by atoms with Gasteiger partial charge in [-0.15, -0.1) is 24.0 Å². The quantitative estimate of drug-likeness (QED) is 0.382. The topological polar surface area (TPSA) is 54.9 Å². The van der Waals surface area contributed by atoms with E-state index >= 15 is 0 Å². The fraction of sp³-hybridized carbons (Fsp3) is 0.588. The van der Waals surface area contributed by atoms with Crippen LogP contribution in [-0.4, -0.2) is 44.0 Å². The summed E-state index contributed by atoms with van der Waals surface area (Å²) in [6.07, 6.45) is -0.585. The molecule has 0 aromatic heterocycles. The third-order valence-electron chi connectivity index (χ3n) is 4.41. The van der Waals surface area contributed by atoms with Gasteiger partial charge in [0.1, 0.15) is 5.75 Å². The number of guanidine groups is 1. The second-order valence-corrected chi connectivity index (χ2v) is 6.34. The van der Waals surface area contributed by atoms with Crippen molar-refractivity contribution >= 4 is 29.9 Å². The van der Waals surface area contributed by atoms with Crippen LogP contribution < -0.4 is 15.4 Å². The number of aliphatic imine (C=N–C) groups is 1. The first-order valence-electron chi connectivity index (χ1n) is 8.34. The van der Waals surface area contributed by atoms with Crippen molar-refractivity contribution in [1.82, 2.24) is 10.6 Å². The van der Waals surface area contributed by atoms with Crippen LogP contribution in [-0.2, 0) is 11.3 Å². The predicted octanol–water partition coefficient (Wildman–Crippen LogP) is 3.23. The van der Waals surface area contributed by atoms with Crippen LogP contribution in [0.25, 0.3) is 0 Å². The molecule has 26 heavy (non-hydrogen) atoms. The van der Waals surface area contributed by atoms with Crippen molar-refractivity contribution in [2.24, 2.45) is 4.99 Å². The fourth-order valence-electron chi connectivity index (χ4n) is 3.26. The van der Waals surface area contributed by atoms with Crippen LogP contribution in [0.5, 0.6) is 5.75 Å². The van der Waals surface area contributed by atoms with Crippen molar-refractivity contribution in [2.45, 2.75) is 50.2 Å². The van der Waals surface area contributed by atoms with Crippen LogP contribution in [0, 0.1) is 0 Å². The molecule has 5 nitrogen and oxygen atoms in total. The zero-order chi connectivity index (χ0) is 17.9. The number of nitrogens with one attached hydrogen (secondary N) is 2. The molecule has 0 spiro atoms. The SMILES string of the molecule is CN=C(NCc1cccc(OCC(F)(F)F)c1)NC1CC2CCC1O2.I. The second-order valence-electron chi connectivity index (χ2n) is 6.34. The summed E-state index contributed by atoms with van der Waals surface area (Å²) in [6, 6.07) is 6.84. The lowest BCUT2D eigenvalue weighted by Gasteiger charge is -2.22. The Morgan fingerprint density at radius 2 is 2.15 bits per heavy atom. The van der Waals surface area contributed by atoms with E-state index in [-0.39, 0.29) is 41.9 Å². The number of fused-ring (bicyclic) bond motifs is 2. The van der Waals surface area contributed by atoms with Gasteiger partial charge in [-0.3, -0.25) is 4.99 Å². The minimum absolute atomic E-state index is 0. The molecule has 1 aromatic carbocycles. The molecule has 0 amide bonds. The number of alkyl halides is 3. The molecule has 2 heterocycles. The molecule has 2 N–H and O–H groups in total. The molecule has 9 heteroatoms. The van der Waals surface area contributed by atoms with E-state index in [1.165, 1.54) is 6.07 Å². The Balaban J connectivity index is 0.00000243. The summed E-state index contributed by atoms with van der Waals surface area (Å²) in [4.78, 5) is 4.20. The minimum Gasteiger partial charge on any atom is -0.484 e. The zero-order valence-electron chi connectivity index (χ0n) is 14.4. The lowest BCUT2D eigenvalue weighted by Crippen LogP contribution is -2.47. The molecule has 0 saturated carbocycles. The van der Waals surface area contributed by atoms with E-state index in [2.05, 4.69) is 15.6 Å². The molecule has 0 radical (unpaired) electrons. The van der Waals surface area contributed by atoms with Crippen LogP contribution in [0.2, 0.25) is 0 Å². The van der Waals surface area contributed by atoms with E-state index in [0.717, 1.165) is 24.8 Å². The van der Waals surface area contributed by atoms with Crippen LogP contribution in [0.15, 0.2) is 29.3 Å². The van der Waals surface area contributed by atoms with Crippen molar-refractivity contribution in [3.8, 4) is 5.75 Å². The van der Waals surface area contributed by atoms with Gasteiger partial charge in [-0.25, -0.2) is 0 Å². The number of nitrogens with zero attached hydrogens (tertiary/aromatic N) is 1. The van der Waals surface area contributed by atoms with Gasteiger partial charge in [-0.2, -0.15) is 13.2 Å². The molecule has 2 fully saturated rings. The first-order valence-corrected chi connectivity index (χ1v) is 8.34. The molecule has 2 saturated heterocycles. The van der Waals surface area contributed by atoms with E-state index in [4.69, 9.17) is 9.47 Å². The number of rotatable bonds is 5. The molecule has 0 aliphatic carbocycles. The van der Waals surface area contributed by atoms with E-state index < -0.39 is 12.8 Å². The highest BCUT2D eigenvalue weighted by molar-refractivity contribution is 14.0. The van der Waals surface area contributed by atoms with Crippen LogP contribution in [0.1, 0.15) is 24.8 Å². The van der Waals surface area contributed by atoms with Crippen molar-refractivity contribution < 1.29 is 22.6 Å². The van der Waals surface area contributed by atoms with Gasteiger partial charge in [0.2, 0.25) is 0 Å². The maximum Gasteiger partial charge on any atom is 0.422 e. The normalized spacial score (nSPS) is 24.9. The summed E-state index contributed by atoms with van der Waals surface area (Å²) in [6.45, 7) is -0.859. The van der Waals surface area contributed by atoms with Crippen molar-refractivity contribution in [2.75, 3.05) is 13.7 Å². The van der Waals surface area contributed by atoms with Crippen LogP contribution in [0.3, 0.4) is 0 Å². The van der Waals surface area contributed by atoms with Gasteiger partial charge in [-0.05, 0) is 37.0 Å². The standard InChI is InChI=1S/C17H22F3N3O2.HI/c1-21-16(23-14-8-13-5-6-15(14)25-13)22-9-11-3-2-4-12(7-11)24-10-17(18,19)20;/h2-4,7,13-15H,5-6,8-10H2,1H3,(H2,21,22,23);1H. The first kappa shape index (κ1) is 21.1. The highest BCUT2D eigenvalue weighted by atomic mass is 127. The van der Waals surface area contributed by atoms with Crippen molar-refractivity contribution in [3.63, 3.8) is 0 Å². The van der Waals surface area contributed by atoms with Crippen molar-refractivity contribution in [3.05, 3.63) is 29.8 Å². The van der Waals surface area contributed by atoms with Gasteiger partial charge in [-0.1, -0.05) is 12.1 Å². The average Bonchev–Trinajstić information content (AvgIpc) is 3.19. The lowest BCUT2D eigenvalue weighted by atomic mass is 9.96. The summed E-state index contributed by atoms with van der Waals surface area (Å²) >= 11 is 0. The molecule has 146 valence electrons. The molecule has 2 aliphatic heterocycles. The molecular formula is C17H23F3IN3O2. The third-order valence-corrected chi connectivity index (χ3v) is 4.41. The van der Waals surface area contributed by atoms with Gasteiger partial charge in [0.15, 0.2) is 12.6 Å². The molecule has 3 rings (SSSR count). The van der Waals surface area contributed by atoms with E-state index in [9.17, 15) is 13.2 Å². The van der Waals surface area contributed by atoms with Crippen LogP contribution >= 0.6 is 24.0 Å². The molecular weight excluding hydrogens is 462 g/mol. The van der Waals surface area contributed by atoms with Gasteiger partial charge < -0.3 is 20.1 Å². The van der Waals surface area contributed by atoms with Gasteiger partial charge in [0.25, 0.3) is 0 Å². The number of benzene rings is 1. The molecule has 3 atom stereocenters.